The van der Waals surface area contributed by atoms with Crippen molar-refractivity contribution in [2.75, 3.05) is 19.7 Å². The number of carbonyl (C=O) groups excluding carboxylic acids is 1. The number of hydrogen-bond donors (Lipinski definition) is 1. The molecule has 1 aliphatic heterocycles. The van der Waals surface area contributed by atoms with Crippen molar-refractivity contribution in [2.24, 2.45) is 0 Å². The number of rotatable bonds is 3. The molecule has 0 bridgehead atoms. The van der Waals surface area contributed by atoms with E-state index in [-0.39, 0.29) is 12.0 Å². The lowest BCUT2D eigenvalue weighted by Crippen LogP contribution is -2.42. The molecule has 4 rings (SSSR count). The molecular formula is C16H19N7O2. The van der Waals surface area contributed by atoms with Gasteiger partial charge >= 0.3 is 0 Å². The minimum absolute atomic E-state index is 0.0477. The number of amides is 1. The molecule has 1 saturated heterocycles. The molecule has 1 atom stereocenters. The first kappa shape index (κ1) is 15.7. The standard InChI is InChI=1S/C16H19N7O2/c1-3-23-13-5-4-11(8-12(13)19-21-23)16(24)22-6-7-25-14(9-22)15-17-10(2)18-20-15/h4-5,8,14H,3,6-7,9H2,1-2H3,(H,17,18,20). The number of aromatic amines is 1. The van der Waals surface area contributed by atoms with Crippen LogP contribution in [-0.2, 0) is 11.3 Å². The summed E-state index contributed by atoms with van der Waals surface area (Å²) in [4.78, 5) is 18.9. The zero-order valence-electron chi connectivity index (χ0n) is 14.1. The number of nitrogens with zero attached hydrogens (tertiary/aromatic N) is 6. The van der Waals surface area contributed by atoms with Crippen LogP contribution in [0.2, 0.25) is 0 Å². The summed E-state index contributed by atoms with van der Waals surface area (Å²) in [5, 5.41) is 15.2. The maximum Gasteiger partial charge on any atom is 0.254 e. The molecule has 3 aromatic rings. The molecule has 0 aliphatic carbocycles. The van der Waals surface area contributed by atoms with E-state index in [9.17, 15) is 4.79 Å². The Hall–Kier alpha value is -2.81. The summed E-state index contributed by atoms with van der Waals surface area (Å²) in [6, 6.07) is 5.50. The van der Waals surface area contributed by atoms with Gasteiger partial charge in [0.25, 0.3) is 5.91 Å². The van der Waals surface area contributed by atoms with Gasteiger partial charge in [-0.25, -0.2) is 9.67 Å². The number of aryl methyl sites for hydroxylation is 2. The molecule has 1 amide bonds. The Morgan fingerprint density at radius 3 is 3.08 bits per heavy atom. The number of ether oxygens (including phenoxy) is 1. The average Bonchev–Trinajstić information content (AvgIpc) is 3.26. The summed E-state index contributed by atoms with van der Waals surface area (Å²) in [6.45, 7) is 6.00. The fourth-order valence-corrected chi connectivity index (χ4v) is 3.02. The van der Waals surface area contributed by atoms with Crippen LogP contribution in [0.3, 0.4) is 0 Å². The van der Waals surface area contributed by atoms with Gasteiger partial charge in [0.2, 0.25) is 0 Å². The Morgan fingerprint density at radius 1 is 1.44 bits per heavy atom. The Kier molecular flexibility index (Phi) is 3.92. The lowest BCUT2D eigenvalue weighted by Gasteiger charge is -2.31. The third-order valence-corrected chi connectivity index (χ3v) is 4.32. The van der Waals surface area contributed by atoms with E-state index in [1.54, 1.807) is 15.6 Å². The monoisotopic (exact) mass is 341 g/mol. The van der Waals surface area contributed by atoms with E-state index in [0.29, 0.717) is 31.1 Å². The first-order valence-corrected chi connectivity index (χ1v) is 8.28. The van der Waals surface area contributed by atoms with Crippen LogP contribution >= 0.6 is 0 Å². The second kappa shape index (κ2) is 6.25. The third kappa shape index (κ3) is 2.86. The highest BCUT2D eigenvalue weighted by atomic mass is 16.5. The largest absolute Gasteiger partial charge is 0.366 e. The number of H-pyrrole nitrogens is 1. The number of aromatic nitrogens is 6. The number of morpholine rings is 1. The molecule has 130 valence electrons. The molecule has 0 radical (unpaired) electrons. The molecule has 9 nitrogen and oxygen atoms in total. The SMILES string of the molecule is CCn1nnc2cc(C(=O)N3CCOC(c4n[nH]c(C)n4)C3)ccc21. The average molecular weight is 341 g/mol. The second-order valence-electron chi connectivity index (χ2n) is 6.00. The molecule has 3 heterocycles. The molecule has 1 N–H and O–H groups in total. The highest BCUT2D eigenvalue weighted by molar-refractivity contribution is 5.97. The van der Waals surface area contributed by atoms with Gasteiger partial charge in [0.15, 0.2) is 5.82 Å². The van der Waals surface area contributed by atoms with E-state index < -0.39 is 0 Å². The van der Waals surface area contributed by atoms with Crippen LogP contribution in [0.4, 0.5) is 0 Å². The lowest BCUT2D eigenvalue weighted by molar-refractivity contribution is -0.0266. The van der Waals surface area contributed by atoms with Crippen molar-refractivity contribution in [2.45, 2.75) is 26.5 Å². The van der Waals surface area contributed by atoms with Gasteiger partial charge in [0, 0.05) is 18.7 Å². The van der Waals surface area contributed by atoms with Crippen LogP contribution in [0.25, 0.3) is 11.0 Å². The van der Waals surface area contributed by atoms with Gasteiger partial charge in [-0.15, -0.1) is 5.10 Å². The predicted molar refractivity (Wildman–Crippen MR) is 88.9 cm³/mol. The molecule has 25 heavy (non-hydrogen) atoms. The molecule has 1 aromatic carbocycles. The van der Waals surface area contributed by atoms with E-state index in [1.807, 2.05) is 26.0 Å². The zero-order valence-corrected chi connectivity index (χ0v) is 14.1. The van der Waals surface area contributed by atoms with Crippen molar-refractivity contribution in [1.29, 1.82) is 0 Å². The van der Waals surface area contributed by atoms with Gasteiger partial charge in [-0.05, 0) is 32.0 Å². The summed E-state index contributed by atoms with van der Waals surface area (Å²) in [7, 11) is 0. The van der Waals surface area contributed by atoms with Gasteiger partial charge in [0.05, 0.1) is 18.7 Å². The van der Waals surface area contributed by atoms with Gasteiger partial charge < -0.3 is 9.64 Å². The quantitative estimate of drug-likeness (QED) is 0.765. The van der Waals surface area contributed by atoms with Crippen LogP contribution in [0, 0.1) is 6.92 Å². The number of nitrogens with one attached hydrogen (secondary N) is 1. The highest BCUT2D eigenvalue weighted by Gasteiger charge is 2.28. The minimum Gasteiger partial charge on any atom is -0.366 e. The van der Waals surface area contributed by atoms with Crippen molar-refractivity contribution >= 4 is 16.9 Å². The lowest BCUT2D eigenvalue weighted by atomic mass is 10.1. The Labute approximate surface area is 144 Å². The van der Waals surface area contributed by atoms with E-state index in [4.69, 9.17) is 4.74 Å². The van der Waals surface area contributed by atoms with Crippen LogP contribution in [0.1, 0.15) is 35.0 Å². The molecule has 1 unspecified atom stereocenters. The summed E-state index contributed by atoms with van der Waals surface area (Å²) >= 11 is 0. The topological polar surface area (TPSA) is 102 Å². The van der Waals surface area contributed by atoms with Crippen molar-refractivity contribution in [1.82, 2.24) is 35.1 Å². The van der Waals surface area contributed by atoms with E-state index in [0.717, 1.165) is 23.4 Å². The first-order chi connectivity index (χ1) is 12.2. The molecule has 9 heteroatoms. The number of fused-ring (bicyclic) bond motifs is 1. The number of hydrogen-bond acceptors (Lipinski definition) is 6. The van der Waals surface area contributed by atoms with Crippen LogP contribution in [0.5, 0.6) is 0 Å². The Morgan fingerprint density at radius 2 is 2.32 bits per heavy atom. The number of benzene rings is 1. The second-order valence-corrected chi connectivity index (χ2v) is 6.00. The fraction of sp³-hybridized carbons (Fsp3) is 0.438. The molecule has 1 aliphatic rings. The Balaban J connectivity index is 1.55. The molecule has 2 aromatic heterocycles. The summed E-state index contributed by atoms with van der Waals surface area (Å²) in [6.07, 6.45) is -0.313. The van der Waals surface area contributed by atoms with Crippen LogP contribution in [-0.4, -0.2) is 60.7 Å². The number of carbonyl (C=O) groups is 1. The smallest absolute Gasteiger partial charge is 0.254 e. The first-order valence-electron chi connectivity index (χ1n) is 8.28. The van der Waals surface area contributed by atoms with Crippen LogP contribution < -0.4 is 0 Å². The van der Waals surface area contributed by atoms with Gasteiger partial charge in [-0.2, -0.15) is 5.10 Å². The minimum atomic E-state index is -0.313. The summed E-state index contributed by atoms with van der Waals surface area (Å²) < 4.78 is 7.52. The van der Waals surface area contributed by atoms with Crippen LogP contribution in [0.15, 0.2) is 18.2 Å². The maximum atomic E-state index is 12.9. The molecule has 0 saturated carbocycles. The van der Waals surface area contributed by atoms with Crippen molar-refractivity contribution in [3.63, 3.8) is 0 Å². The van der Waals surface area contributed by atoms with Crippen molar-refractivity contribution < 1.29 is 9.53 Å². The molecule has 1 fully saturated rings. The Bertz CT molecular complexity index is 916. The fourth-order valence-electron chi connectivity index (χ4n) is 3.02. The molecular weight excluding hydrogens is 322 g/mol. The summed E-state index contributed by atoms with van der Waals surface area (Å²) in [5.41, 5.74) is 2.25. The molecule has 0 spiro atoms. The van der Waals surface area contributed by atoms with Gasteiger partial charge in [0.1, 0.15) is 17.4 Å². The van der Waals surface area contributed by atoms with Gasteiger partial charge in [-0.3, -0.25) is 9.89 Å². The normalized spacial score (nSPS) is 18.0. The van der Waals surface area contributed by atoms with Crippen molar-refractivity contribution in [3.8, 4) is 0 Å². The predicted octanol–water partition coefficient (Wildman–Crippen LogP) is 1.09. The highest BCUT2D eigenvalue weighted by Crippen LogP contribution is 2.22. The third-order valence-electron chi connectivity index (χ3n) is 4.32. The van der Waals surface area contributed by atoms with Gasteiger partial charge in [-0.1, -0.05) is 5.21 Å². The van der Waals surface area contributed by atoms with Crippen molar-refractivity contribution in [3.05, 3.63) is 35.4 Å². The summed E-state index contributed by atoms with van der Waals surface area (Å²) in [5.74, 6) is 1.26. The van der Waals surface area contributed by atoms with E-state index in [1.165, 1.54) is 0 Å². The maximum absolute atomic E-state index is 12.9. The van der Waals surface area contributed by atoms with E-state index in [2.05, 4.69) is 25.5 Å². The van der Waals surface area contributed by atoms with E-state index >= 15 is 0 Å². The zero-order chi connectivity index (χ0) is 17.4.